The van der Waals surface area contributed by atoms with Gasteiger partial charge < -0.3 is 9.84 Å². The summed E-state index contributed by atoms with van der Waals surface area (Å²) >= 11 is 6.00. The third-order valence-corrected chi connectivity index (χ3v) is 2.54. The Hall–Kier alpha value is -0.830. The fourth-order valence-electron chi connectivity index (χ4n) is 1.35. The Morgan fingerprint density at radius 1 is 1.20 bits per heavy atom. The van der Waals surface area contributed by atoms with Crippen LogP contribution in [0.15, 0.2) is 36.4 Å². The van der Waals surface area contributed by atoms with Crippen LogP contribution in [0.3, 0.4) is 0 Å². The first-order valence-electron chi connectivity index (χ1n) is 6.84. The molecule has 0 aliphatic heterocycles. The van der Waals surface area contributed by atoms with Gasteiger partial charge >= 0.3 is 0 Å². The zero-order chi connectivity index (χ0) is 14.3. The molecular formula is C17H29ClO2. The fraction of sp³-hybridized carbons (Fsp3) is 0.529. The van der Waals surface area contributed by atoms with Crippen molar-refractivity contribution >= 4 is 17.7 Å². The lowest BCUT2D eigenvalue weighted by Gasteiger charge is -2.06. The molecule has 0 fully saturated rings. The molecule has 3 heteroatoms. The van der Waals surface area contributed by atoms with Crippen LogP contribution >= 0.6 is 11.6 Å². The molecule has 0 heterocycles. The molecule has 0 aliphatic rings. The zero-order valence-corrected chi connectivity index (χ0v) is 12.6. The first kappa shape index (κ1) is 21.5. The van der Waals surface area contributed by atoms with Crippen LogP contribution < -0.4 is 0 Å². The molecule has 1 N–H and O–H groups in total. The van der Waals surface area contributed by atoms with Crippen molar-refractivity contribution in [1.82, 2.24) is 0 Å². The molecule has 0 aliphatic carbocycles. The van der Waals surface area contributed by atoms with E-state index in [1.54, 1.807) is 6.92 Å². The van der Waals surface area contributed by atoms with Gasteiger partial charge in [-0.05, 0) is 25.0 Å². The van der Waals surface area contributed by atoms with Gasteiger partial charge in [0.15, 0.2) is 0 Å². The molecule has 0 saturated carbocycles. The maximum atomic E-state index is 7.57. The molecule has 1 aromatic carbocycles. The van der Waals surface area contributed by atoms with Crippen molar-refractivity contribution in [3.63, 3.8) is 0 Å². The maximum absolute atomic E-state index is 7.57. The molecule has 1 unspecified atom stereocenters. The van der Waals surface area contributed by atoms with E-state index < -0.39 is 0 Å². The predicted molar refractivity (Wildman–Crippen MR) is 90.1 cm³/mol. The number of rotatable bonds is 7. The topological polar surface area (TPSA) is 29.5 Å². The van der Waals surface area contributed by atoms with E-state index in [0.717, 1.165) is 18.6 Å². The van der Waals surface area contributed by atoms with Gasteiger partial charge in [0, 0.05) is 13.2 Å². The highest BCUT2D eigenvalue weighted by molar-refractivity contribution is 6.21. The molecular weight excluding hydrogens is 272 g/mol. The number of aliphatic hydroxyl groups excluding tert-OH is 1. The summed E-state index contributed by atoms with van der Waals surface area (Å²) < 4.78 is 5.44. The van der Waals surface area contributed by atoms with Crippen molar-refractivity contribution in [2.75, 3.05) is 13.2 Å². The minimum atomic E-state index is -0.322. The predicted octanol–water partition coefficient (Wildman–Crippen LogP) is 5.11. The Morgan fingerprint density at radius 2 is 1.80 bits per heavy atom. The second-order valence-electron chi connectivity index (χ2n) is 4.02. The summed E-state index contributed by atoms with van der Waals surface area (Å²) in [5, 5.41) is 7.57. The minimum absolute atomic E-state index is 0. The number of unbranched alkanes of at least 4 members (excludes halogenated alkanes) is 2. The summed E-state index contributed by atoms with van der Waals surface area (Å²) in [6.45, 7) is 4.84. The van der Waals surface area contributed by atoms with Crippen LogP contribution in [0, 0.1) is 0 Å². The van der Waals surface area contributed by atoms with Crippen molar-refractivity contribution < 1.29 is 9.84 Å². The lowest BCUT2D eigenvalue weighted by Crippen LogP contribution is -2.02. The van der Waals surface area contributed by atoms with Crippen LogP contribution in [0.25, 0.3) is 6.08 Å². The molecule has 2 nitrogen and oxygen atoms in total. The molecule has 0 spiro atoms. The molecule has 0 bridgehead atoms. The fourth-order valence-corrected chi connectivity index (χ4v) is 1.52. The van der Waals surface area contributed by atoms with Gasteiger partial charge in [-0.3, -0.25) is 0 Å². The Kier molecular flexibility index (Phi) is 17.4. The maximum Gasteiger partial charge on any atom is 0.150 e. The van der Waals surface area contributed by atoms with Gasteiger partial charge in [0.2, 0.25) is 0 Å². The molecule has 1 rings (SSSR count). The Morgan fingerprint density at radius 3 is 2.35 bits per heavy atom. The lowest BCUT2D eigenvalue weighted by atomic mass is 10.2. The number of halogens is 1. The number of hydrogen-bond acceptors (Lipinski definition) is 2. The van der Waals surface area contributed by atoms with Crippen LogP contribution in [-0.4, -0.2) is 23.9 Å². The summed E-state index contributed by atoms with van der Waals surface area (Å²) in [7, 11) is 0. The monoisotopic (exact) mass is 300 g/mol. The first-order valence-corrected chi connectivity index (χ1v) is 7.28. The lowest BCUT2D eigenvalue weighted by molar-refractivity contribution is 0.132. The zero-order valence-electron chi connectivity index (χ0n) is 11.9. The molecule has 0 saturated heterocycles. The van der Waals surface area contributed by atoms with Crippen LogP contribution in [0.5, 0.6) is 0 Å². The molecule has 20 heavy (non-hydrogen) atoms. The van der Waals surface area contributed by atoms with Crippen molar-refractivity contribution in [1.29, 1.82) is 0 Å². The highest BCUT2D eigenvalue weighted by atomic mass is 35.5. The number of ether oxygens (including phenoxy) is 1. The number of benzene rings is 1. The highest BCUT2D eigenvalue weighted by Crippen LogP contribution is 2.07. The Bertz CT molecular complexity index is 312. The number of hydrogen-bond donors (Lipinski definition) is 1. The Labute approximate surface area is 129 Å². The molecule has 0 amide bonds. The third kappa shape index (κ3) is 13.6. The van der Waals surface area contributed by atoms with E-state index in [1.165, 1.54) is 12.8 Å². The van der Waals surface area contributed by atoms with E-state index in [0.29, 0.717) is 0 Å². The third-order valence-electron chi connectivity index (χ3n) is 2.26. The van der Waals surface area contributed by atoms with Gasteiger partial charge in [0.05, 0.1) is 0 Å². The summed E-state index contributed by atoms with van der Waals surface area (Å²) in [5.41, 5.74) is 0.822. The molecule has 1 atom stereocenters. The average molecular weight is 301 g/mol. The largest absolute Gasteiger partial charge is 0.397 e. The van der Waals surface area contributed by atoms with Crippen LogP contribution in [0.4, 0.5) is 0 Å². The molecule has 0 aromatic heterocycles. The summed E-state index contributed by atoms with van der Waals surface area (Å²) in [5.74, 6) is 0. The quantitative estimate of drug-likeness (QED) is 0.560. The molecule has 1 aromatic rings. The van der Waals surface area contributed by atoms with Gasteiger partial charge in [-0.25, -0.2) is 0 Å². The van der Waals surface area contributed by atoms with Crippen LogP contribution in [-0.2, 0) is 4.74 Å². The molecule has 116 valence electrons. The van der Waals surface area contributed by atoms with Crippen LogP contribution in [0.1, 0.15) is 46.1 Å². The minimum Gasteiger partial charge on any atom is -0.397 e. The Balaban J connectivity index is 0. The first-order chi connectivity index (χ1) is 9.24. The highest BCUT2D eigenvalue weighted by Gasteiger charge is 1.98. The summed E-state index contributed by atoms with van der Waals surface area (Å²) in [6.07, 6.45) is 7.35. The number of aliphatic hydroxyl groups is 1. The summed E-state index contributed by atoms with van der Waals surface area (Å²) in [4.78, 5) is 0. The van der Waals surface area contributed by atoms with Crippen molar-refractivity contribution in [2.45, 2.75) is 46.1 Å². The van der Waals surface area contributed by atoms with Gasteiger partial charge in [-0.2, -0.15) is 0 Å². The van der Waals surface area contributed by atoms with Gasteiger partial charge in [0.25, 0.3) is 0 Å². The smallest absolute Gasteiger partial charge is 0.150 e. The van der Waals surface area contributed by atoms with Crippen LogP contribution in [0.2, 0.25) is 0 Å². The van der Waals surface area contributed by atoms with Crippen molar-refractivity contribution in [3.05, 3.63) is 42.0 Å². The normalized spacial score (nSPS) is 11.4. The second-order valence-corrected chi connectivity index (χ2v) is 4.45. The van der Waals surface area contributed by atoms with E-state index in [4.69, 9.17) is 21.4 Å². The standard InChI is InChI=1S/C14H19ClO.C2H6O.CH4/c1-2-3-7-12-16-14(15)11-10-13-8-5-4-6-9-13;1-2-3;/h4-6,8-11,14H,2-3,7,12H2,1H3;3H,2H2,1H3;1H4. The van der Waals surface area contributed by atoms with E-state index in [9.17, 15) is 0 Å². The van der Waals surface area contributed by atoms with Gasteiger partial charge in [-0.1, -0.05) is 75.2 Å². The van der Waals surface area contributed by atoms with E-state index in [1.807, 2.05) is 42.5 Å². The van der Waals surface area contributed by atoms with Gasteiger partial charge in [0.1, 0.15) is 5.56 Å². The number of alkyl halides is 1. The van der Waals surface area contributed by atoms with Crippen molar-refractivity contribution in [3.8, 4) is 0 Å². The van der Waals surface area contributed by atoms with Gasteiger partial charge in [-0.15, -0.1) is 0 Å². The SMILES string of the molecule is C.CCCCCOC(Cl)C=Cc1ccccc1.CCO. The van der Waals surface area contributed by atoms with Crippen molar-refractivity contribution in [2.24, 2.45) is 0 Å². The molecule has 0 radical (unpaired) electrons. The second kappa shape index (κ2) is 16.2. The summed E-state index contributed by atoms with van der Waals surface area (Å²) in [6, 6.07) is 10.1. The van der Waals surface area contributed by atoms with E-state index >= 15 is 0 Å². The average Bonchev–Trinajstić information content (AvgIpc) is 2.43. The van der Waals surface area contributed by atoms with E-state index in [-0.39, 0.29) is 19.6 Å². The van der Waals surface area contributed by atoms with E-state index in [2.05, 4.69) is 6.92 Å².